The lowest BCUT2D eigenvalue weighted by Gasteiger charge is -2.20. The highest BCUT2D eigenvalue weighted by Gasteiger charge is 2.29. The van der Waals surface area contributed by atoms with Crippen LogP contribution in [0.1, 0.15) is 26.7 Å². The van der Waals surface area contributed by atoms with Gasteiger partial charge in [0.15, 0.2) is 0 Å². The average Bonchev–Trinajstić information content (AvgIpc) is 3.00. The summed E-state index contributed by atoms with van der Waals surface area (Å²) in [5.74, 6) is 2.81. The molecule has 2 aliphatic rings. The van der Waals surface area contributed by atoms with Gasteiger partial charge in [0.2, 0.25) is 17.2 Å². The average molecular weight is 282 g/mol. The summed E-state index contributed by atoms with van der Waals surface area (Å²) >= 11 is 6.06. The summed E-state index contributed by atoms with van der Waals surface area (Å²) in [6.45, 7) is 8.59. The van der Waals surface area contributed by atoms with E-state index >= 15 is 0 Å². The fourth-order valence-electron chi connectivity index (χ4n) is 2.82. The molecule has 0 amide bonds. The van der Waals surface area contributed by atoms with Gasteiger partial charge in [0.05, 0.1) is 0 Å². The van der Waals surface area contributed by atoms with E-state index in [2.05, 4.69) is 38.6 Å². The van der Waals surface area contributed by atoms with Gasteiger partial charge in [-0.15, -0.1) is 0 Å². The molecule has 0 N–H and O–H groups in total. The molecule has 6 heteroatoms. The lowest BCUT2D eigenvalue weighted by atomic mass is 10.0. The van der Waals surface area contributed by atoms with E-state index in [4.69, 9.17) is 11.6 Å². The van der Waals surface area contributed by atoms with E-state index in [1.54, 1.807) is 0 Å². The lowest BCUT2D eigenvalue weighted by molar-refractivity contribution is 0.494. The lowest BCUT2D eigenvalue weighted by Crippen LogP contribution is -2.26. The van der Waals surface area contributed by atoms with Crippen molar-refractivity contribution in [2.45, 2.75) is 26.7 Å². The van der Waals surface area contributed by atoms with Crippen molar-refractivity contribution in [1.29, 1.82) is 0 Å². The molecule has 2 unspecified atom stereocenters. The second-order valence-corrected chi connectivity index (χ2v) is 6.10. The Labute approximate surface area is 119 Å². The maximum atomic E-state index is 6.06. The van der Waals surface area contributed by atoms with Crippen molar-refractivity contribution in [3.8, 4) is 0 Å². The molecule has 2 saturated heterocycles. The van der Waals surface area contributed by atoms with Crippen LogP contribution in [0.25, 0.3) is 0 Å². The summed E-state index contributed by atoms with van der Waals surface area (Å²) in [4.78, 5) is 17.6. The van der Waals surface area contributed by atoms with E-state index in [1.807, 2.05) is 0 Å². The molecule has 0 saturated carbocycles. The Kier molecular flexibility index (Phi) is 3.48. The minimum atomic E-state index is 0.305. The van der Waals surface area contributed by atoms with E-state index in [9.17, 15) is 0 Å². The smallest absolute Gasteiger partial charge is 0.231 e. The third kappa shape index (κ3) is 2.61. The van der Waals surface area contributed by atoms with Crippen molar-refractivity contribution in [3.05, 3.63) is 5.28 Å². The van der Waals surface area contributed by atoms with Crippen molar-refractivity contribution in [1.82, 2.24) is 15.0 Å². The number of anilines is 2. The summed E-state index contributed by atoms with van der Waals surface area (Å²) in [6.07, 6.45) is 2.41. The number of halogens is 1. The highest BCUT2D eigenvalue weighted by atomic mass is 35.5. The molecule has 3 rings (SSSR count). The predicted octanol–water partition coefficient (Wildman–Crippen LogP) is 2.22. The van der Waals surface area contributed by atoms with Gasteiger partial charge in [-0.25, -0.2) is 0 Å². The molecule has 0 aliphatic carbocycles. The van der Waals surface area contributed by atoms with E-state index < -0.39 is 0 Å². The van der Waals surface area contributed by atoms with Crippen LogP contribution in [-0.2, 0) is 0 Å². The Morgan fingerprint density at radius 1 is 0.895 bits per heavy atom. The molecule has 2 fully saturated rings. The zero-order valence-electron chi connectivity index (χ0n) is 11.5. The molecule has 1 aromatic heterocycles. The Morgan fingerprint density at radius 2 is 1.42 bits per heavy atom. The zero-order valence-corrected chi connectivity index (χ0v) is 12.3. The topological polar surface area (TPSA) is 45.2 Å². The van der Waals surface area contributed by atoms with Crippen molar-refractivity contribution in [2.24, 2.45) is 11.8 Å². The molecule has 3 heterocycles. The van der Waals surface area contributed by atoms with Crippen LogP contribution in [0.2, 0.25) is 5.28 Å². The van der Waals surface area contributed by atoms with Crippen molar-refractivity contribution >= 4 is 23.5 Å². The molecule has 2 aliphatic heterocycles. The summed E-state index contributed by atoms with van der Waals surface area (Å²) in [5.41, 5.74) is 0. The molecule has 104 valence electrons. The van der Waals surface area contributed by atoms with Crippen LogP contribution in [0.5, 0.6) is 0 Å². The van der Waals surface area contributed by atoms with Gasteiger partial charge >= 0.3 is 0 Å². The second-order valence-electron chi connectivity index (χ2n) is 5.76. The van der Waals surface area contributed by atoms with Gasteiger partial charge in [0, 0.05) is 26.2 Å². The fourth-order valence-corrected chi connectivity index (χ4v) is 2.97. The summed E-state index contributed by atoms with van der Waals surface area (Å²) in [5, 5.41) is 0.305. The third-order valence-corrected chi connectivity index (χ3v) is 4.41. The minimum Gasteiger partial charge on any atom is -0.341 e. The Bertz CT molecular complexity index is 450. The van der Waals surface area contributed by atoms with Crippen LogP contribution in [0.4, 0.5) is 11.9 Å². The quantitative estimate of drug-likeness (QED) is 0.832. The first kappa shape index (κ1) is 12.9. The molecule has 19 heavy (non-hydrogen) atoms. The normalized spacial score (nSPS) is 27.3. The summed E-state index contributed by atoms with van der Waals surface area (Å²) in [6, 6.07) is 0. The Morgan fingerprint density at radius 3 is 2.00 bits per heavy atom. The molecule has 0 aromatic carbocycles. The van der Waals surface area contributed by atoms with Gasteiger partial charge in [0.25, 0.3) is 0 Å². The maximum absolute atomic E-state index is 6.06. The summed E-state index contributed by atoms with van der Waals surface area (Å²) in [7, 11) is 0. The molecular formula is C13H20ClN5. The Balaban J connectivity index is 1.85. The number of rotatable bonds is 2. The summed E-state index contributed by atoms with van der Waals surface area (Å²) < 4.78 is 0. The van der Waals surface area contributed by atoms with Crippen LogP contribution >= 0.6 is 11.6 Å². The highest BCUT2D eigenvalue weighted by molar-refractivity contribution is 6.28. The molecule has 0 bridgehead atoms. The standard InChI is InChI=1S/C13H20ClN5/c1-9-7-19(8-10(9)2)13-16-11(14)15-12(17-13)18-5-3-4-6-18/h9-10H,3-8H2,1-2H3. The fraction of sp³-hybridized carbons (Fsp3) is 0.769. The first-order valence-electron chi connectivity index (χ1n) is 7.05. The zero-order chi connectivity index (χ0) is 13.4. The maximum Gasteiger partial charge on any atom is 0.231 e. The van der Waals surface area contributed by atoms with Gasteiger partial charge in [0.1, 0.15) is 0 Å². The minimum absolute atomic E-state index is 0.305. The van der Waals surface area contributed by atoms with Crippen molar-refractivity contribution < 1.29 is 0 Å². The molecule has 0 radical (unpaired) electrons. The van der Waals surface area contributed by atoms with Gasteiger partial charge in [-0.1, -0.05) is 13.8 Å². The molecular weight excluding hydrogens is 262 g/mol. The van der Waals surface area contributed by atoms with Gasteiger partial charge in [-0.2, -0.15) is 15.0 Å². The van der Waals surface area contributed by atoms with Crippen LogP contribution in [0.3, 0.4) is 0 Å². The first-order chi connectivity index (χ1) is 9.13. The van der Waals surface area contributed by atoms with E-state index in [0.29, 0.717) is 17.1 Å². The predicted molar refractivity (Wildman–Crippen MR) is 76.8 cm³/mol. The number of nitrogens with zero attached hydrogens (tertiary/aromatic N) is 5. The van der Waals surface area contributed by atoms with E-state index in [-0.39, 0.29) is 0 Å². The third-order valence-electron chi connectivity index (χ3n) is 4.24. The van der Waals surface area contributed by atoms with Gasteiger partial charge in [-0.05, 0) is 36.3 Å². The SMILES string of the molecule is CC1CN(c2nc(Cl)nc(N3CCCC3)n2)CC1C. The van der Waals surface area contributed by atoms with Gasteiger partial charge < -0.3 is 9.80 Å². The van der Waals surface area contributed by atoms with E-state index in [1.165, 1.54) is 12.8 Å². The van der Waals surface area contributed by atoms with E-state index in [0.717, 1.165) is 38.1 Å². The van der Waals surface area contributed by atoms with Crippen molar-refractivity contribution in [2.75, 3.05) is 36.0 Å². The first-order valence-corrected chi connectivity index (χ1v) is 7.43. The van der Waals surface area contributed by atoms with Crippen LogP contribution in [-0.4, -0.2) is 41.1 Å². The number of hydrogen-bond donors (Lipinski definition) is 0. The molecule has 2 atom stereocenters. The van der Waals surface area contributed by atoms with Crippen LogP contribution in [0, 0.1) is 11.8 Å². The monoisotopic (exact) mass is 281 g/mol. The van der Waals surface area contributed by atoms with Crippen LogP contribution in [0.15, 0.2) is 0 Å². The molecule has 1 aromatic rings. The second kappa shape index (κ2) is 5.12. The molecule has 5 nitrogen and oxygen atoms in total. The Hall–Kier alpha value is -1.10. The van der Waals surface area contributed by atoms with Gasteiger partial charge in [-0.3, -0.25) is 0 Å². The highest BCUT2D eigenvalue weighted by Crippen LogP contribution is 2.27. The van der Waals surface area contributed by atoms with Crippen molar-refractivity contribution in [3.63, 3.8) is 0 Å². The number of hydrogen-bond acceptors (Lipinski definition) is 5. The largest absolute Gasteiger partial charge is 0.341 e. The van der Waals surface area contributed by atoms with Crippen LogP contribution < -0.4 is 9.80 Å². The number of aromatic nitrogens is 3. The molecule has 0 spiro atoms.